The highest BCUT2D eigenvalue weighted by Gasteiger charge is 2.26. The fourth-order valence-electron chi connectivity index (χ4n) is 2.64. The van der Waals surface area contributed by atoms with Crippen LogP contribution in [0.2, 0.25) is 0 Å². The van der Waals surface area contributed by atoms with Crippen molar-refractivity contribution in [1.82, 2.24) is 9.55 Å². The van der Waals surface area contributed by atoms with Gasteiger partial charge in [-0.2, -0.15) is 5.26 Å². The maximum absolute atomic E-state index is 10.9. The van der Waals surface area contributed by atoms with Gasteiger partial charge < -0.3 is 9.67 Å². The molecular weight excluding hydrogens is 230 g/mol. The van der Waals surface area contributed by atoms with Crippen LogP contribution >= 0.6 is 0 Å². The first-order valence-corrected chi connectivity index (χ1v) is 6.26. The van der Waals surface area contributed by atoms with E-state index in [9.17, 15) is 4.79 Å². The molecule has 0 radical (unpaired) electrons. The topological polar surface area (TPSA) is 78.9 Å². The molecule has 1 N–H and O–H groups in total. The van der Waals surface area contributed by atoms with E-state index in [1.807, 2.05) is 11.5 Å². The number of rotatable bonds is 3. The van der Waals surface area contributed by atoms with Gasteiger partial charge in [0.1, 0.15) is 11.8 Å². The van der Waals surface area contributed by atoms with Crippen molar-refractivity contribution in [1.29, 1.82) is 5.26 Å². The van der Waals surface area contributed by atoms with Gasteiger partial charge in [0.05, 0.1) is 17.9 Å². The molecule has 0 unspecified atom stereocenters. The molecule has 0 aromatic carbocycles. The van der Waals surface area contributed by atoms with Gasteiger partial charge in [-0.1, -0.05) is 0 Å². The molecule has 18 heavy (non-hydrogen) atoms. The van der Waals surface area contributed by atoms with Gasteiger partial charge in [0.2, 0.25) is 0 Å². The van der Waals surface area contributed by atoms with Crippen LogP contribution in [-0.4, -0.2) is 20.6 Å². The van der Waals surface area contributed by atoms with Crippen LogP contribution in [0.25, 0.3) is 0 Å². The van der Waals surface area contributed by atoms with Gasteiger partial charge in [-0.25, -0.2) is 4.98 Å². The van der Waals surface area contributed by atoms with Crippen LogP contribution in [0.3, 0.4) is 0 Å². The number of carbonyl (C=O) groups is 1. The van der Waals surface area contributed by atoms with E-state index < -0.39 is 5.97 Å². The largest absolute Gasteiger partial charge is 0.481 e. The number of carboxylic acid groups (broad SMARTS) is 1. The van der Waals surface area contributed by atoms with Crippen molar-refractivity contribution in [3.8, 4) is 6.07 Å². The summed E-state index contributed by atoms with van der Waals surface area (Å²) in [6.45, 7) is 2.60. The number of imidazole rings is 1. The maximum atomic E-state index is 10.9. The molecule has 0 bridgehead atoms. The Kier molecular flexibility index (Phi) is 3.66. The Bertz CT molecular complexity index is 479. The number of carboxylic acids is 1. The Morgan fingerprint density at radius 2 is 2.22 bits per heavy atom. The number of aromatic nitrogens is 2. The van der Waals surface area contributed by atoms with Crippen molar-refractivity contribution >= 4 is 5.97 Å². The van der Waals surface area contributed by atoms with Crippen LogP contribution in [0.1, 0.15) is 37.1 Å². The SMILES string of the molecule is Cc1ncn(C[C@H]2CC[C@H](C(=O)O)CC2)c1C#N. The second-order valence-electron chi connectivity index (χ2n) is 5.00. The number of aryl methyl sites for hydroxylation is 1. The molecule has 96 valence electrons. The summed E-state index contributed by atoms with van der Waals surface area (Å²) in [7, 11) is 0. The quantitative estimate of drug-likeness (QED) is 0.885. The lowest BCUT2D eigenvalue weighted by Gasteiger charge is -2.26. The van der Waals surface area contributed by atoms with Gasteiger partial charge >= 0.3 is 5.97 Å². The zero-order chi connectivity index (χ0) is 13.1. The molecule has 1 aliphatic carbocycles. The van der Waals surface area contributed by atoms with Crippen molar-refractivity contribution in [3.05, 3.63) is 17.7 Å². The van der Waals surface area contributed by atoms with E-state index >= 15 is 0 Å². The summed E-state index contributed by atoms with van der Waals surface area (Å²) in [6, 6.07) is 2.17. The summed E-state index contributed by atoms with van der Waals surface area (Å²) in [6.07, 6.45) is 5.03. The van der Waals surface area contributed by atoms with Crippen LogP contribution in [-0.2, 0) is 11.3 Å². The van der Waals surface area contributed by atoms with Gasteiger partial charge in [-0.05, 0) is 38.5 Å². The Morgan fingerprint density at radius 1 is 1.56 bits per heavy atom. The van der Waals surface area contributed by atoms with E-state index in [1.165, 1.54) is 0 Å². The van der Waals surface area contributed by atoms with Crippen LogP contribution in [0.5, 0.6) is 0 Å². The number of nitriles is 1. The molecule has 1 aromatic heterocycles. The normalized spacial score (nSPS) is 23.6. The van der Waals surface area contributed by atoms with Crippen molar-refractivity contribution in [2.75, 3.05) is 0 Å². The van der Waals surface area contributed by atoms with Gasteiger partial charge in [0, 0.05) is 6.54 Å². The fourth-order valence-corrected chi connectivity index (χ4v) is 2.64. The number of aliphatic carboxylic acids is 1. The van der Waals surface area contributed by atoms with E-state index in [4.69, 9.17) is 10.4 Å². The van der Waals surface area contributed by atoms with Crippen LogP contribution in [0.4, 0.5) is 0 Å². The molecule has 1 aromatic rings. The number of hydrogen-bond acceptors (Lipinski definition) is 3. The summed E-state index contributed by atoms with van der Waals surface area (Å²) in [5.41, 5.74) is 1.38. The summed E-state index contributed by atoms with van der Waals surface area (Å²) < 4.78 is 1.89. The van der Waals surface area contributed by atoms with Crippen LogP contribution < -0.4 is 0 Å². The Hall–Kier alpha value is -1.83. The van der Waals surface area contributed by atoms with Crippen molar-refractivity contribution in [2.45, 2.75) is 39.2 Å². The lowest BCUT2D eigenvalue weighted by Crippen LogP contribution is -2.24. The summed E-state index contributed by atoms with van der Waals surface area (Å²) in [5.74, 6) is -0.396. The Morgan fingerprint density at radius 3 is 2.78 bits per heavy atom. The minimum absolute atomic E-state index is 0.179. The molecule has 5 nitrogen and oxygen atoms in total. The smallest absolute Gasteiger partial charge is 0.306 e. The molecule has 0 atom stereocenters. The average Bonchev–Trinajstić information content (AvgIpc) is 2.70. The Labute approximate surface area is 106 Å². The lowest BCUT2D eigenvalue weighted by atomic mass is 9.82. The predicted molar refractivity (Wildman–Crippen MR) is 64.8 cm³/mol. The first-order valence-electron chi connectivity index (χ1n) is 6.26. The molecular formula is C13H17N3O2. The number of nitrogens with zero attached hydrogens (tertiary/aromatic N) is 3. The van der Waals surface area contributed by atoms with E-state index in [1.54, 1.807) is 6.33 Å². The minimum Gasteiger partial charge on any atom is -0.481 e. The molecule has 5 heteroatoms. The molecule has 1 saturated carbocycles. The van der Waals surface area contributed by atoms with Crippen LogP contribution in [0, 0.1) is 30.1 Å². The van der Waals surface area contributed by atoms with Crippen molar-refractivity contribution in [3.63, 3.8) is 0 Å². The third-order valence-electron chi connectivity index (χ3n) is 3.78. The molecule has 1 aliphatic rings. The van der Waals surface area contributed by atoms with E-state index in [2.05, 4.69) is 11.1 Å². The fraction of sp³-hybridized carbons (Fsp3) is 0.615. The summed E-state index contributed by atoms with van der Waals surface area (Å²) in [4.78, 5) is 15.0. The first-order chi connectivity index (χ1) is 8.61. The van der Waals surface area contributed by atoms with E-state index in [0.717, 1.165) is 37.9 Å². The minimum atomic E-state index is -0.676. The van der Waals surface area contributed by atoms with Gasteiger partial charge in [-0.3, -0.25) is 4.79 Å². The van der Waals surface area contributed by atoms with Crippen molar-refractivity contribution < 1.29 is 9.90 Å². The molecule has 0 spiro atoms. The summed E-state index contributed by atoms with van der Waals surface area (Å²) in [5, 5.41) is 18.0. The summed E-state index contributed by atoms with van der Waals surface area (Å²) >= 11 is 0. The molecule has 1 heterocycles. The zero-order valence-electron chi connectivity index (χ0n) is 10.5. The van der Waals surface area contributed by atoms with E-state index in [-0.39, 0.29) is 5.92 Å². The first kappa shape index (κ1) is 12.6. The van der Waals surface area contributed by atoms with Crippen molar-refractivity contribution in [2.24, 2.45) is 11.8 Å². The zero-order valence-corrected chi connectivity index (χ0v) is 10.5. The second-order valence-corrected chi connectivity index (χ2v) is 5.00. The average molecular weight is 247 g/mol. The van der Waals surface area contributed by atoms with Gasteiger partial charge in [0.15, 0.2) is 0 Å². The third-order valence-corrected chi connectivity index (χ3v) is 3.78. The third kappa shape index (κ3) is 2.53. The highest BCUT2D eigenvalue weighted by molar-refractivity contribution is 5.69. The monoisotopic (exact) mass is 247 g/mol. The Balaban J connectivity index is 1.96. The van der Waals surface area contributed by atoms with E-state index in [0.29, 0.717) is 11.6 Å². The predicted octanol–water partition coefficient (Wildman–Crippen LogP) is 1.95. The van der Waals surface area contributed by atoms with Gasteiger partial charge in [-0.15, -0.1) is 0 Å². The van der Waals surface area contributed by atoms with Crippen LogP contribution in [0.15, 0.2) is 6.33 Å². The highest BCUT2D eigenvalue weighted by Crippen LogP contribution is 2.30. The molecule has 0 saturated heterocycles. The molecule has 0 aliphatic heterocycles. The standard InChI is InChI=1S/C13H17N3O2/c1-9-12(6-14)16(8-15-9)7-10-2-4-11(5-3-10)13(17)18/h8,10-11H,2-5,7H2,1H3,(H,17,18)/t10-,11-. The molecule has 2 rings (SSSR count). The lowest BCUT2D eigenvalue weighted by molar-refractivity contribution is -0.143. The highest BCUT2D eigenvalue weighted by atomic mass is 16.4. The molecule has 0 amide bonds. The molecule has 1 fully saturated rings. The van der Waals surface area contributed by atoms with Gasteiger partial charge in [0.25, 0.3) is 0 Å². The number of hydrogen-bond donors (Lipinski definition) is 1. The second kappa shape index (κ2) is 5.21. The maximum Gasteiger partial charge on any atom is 0.306 e.